The minimum absolute atomic E-state index is 0.0252. The number of urea groups is 1. The summed E-state index contributed by atoms with van der Waals surface area (Å²) in [7, 11) is 1.87. The number of likely N-dealkylation sites (tertiary alicyclic amines) is 1. The van der Waals surface area contributed by atoms with Crippen LogP contribution in [0, 0.1) is 13.8 Å². The minimum Gasteiger partial charge on any atom is -0.332 e. The molecule has 132 valence electrons. The van der Waals surface area contributed by atoms with Gasteiger partial charge in [0.25, 0.3) is 0 Å². The molecule has 2 aliphatic rings. The molecule has 4 rings (SSSR count). The van der Waals surface area contributed by atoms with Crippen LogP contribution in [0.3, 0.4) is 0 Å². The van der Waals surface area contributed by atoms with Gasteiger partial charge in [0.1, 0.15) is 0 Å². The molecule has 8 heteroatoms. The van der Waals surface area contributed by atoms with E-state index < -0.39 is 0 Å². The second-order valence-corrected chi connectivity index (χ2v) is 7.01. The van der Waals surface area contributed by atoms with Crippen LogP contribution in [0.5, 0.6) is 0 Å². The summed E-state index contributed by atoms with van der Waals surface area (Å²) in [6.07, 6.45) is 0.963. The van der Waals surface area contributed by atoms with Crippen LogP contribution in [0.15, 0.2) is 18.2 Å². The molecule has 2 aliphatic heterocycles. The van der Waals surface area contributed by atoms with E-state index in [0.29, 0.717) is 12.6 Å². The molecule has 1 aromatic carbocycles. The number of nitrogens with one attached hydrogen (secondary N) is 1. The van der Waals surface area contributed by atoms with Gasteiger partial charge in [-0.3, -0.25) is 4.90 Å². The van der Waals surface area contributed by atoms with Crippen LogP contribution in [0.4, 0.5) is 4.79 Å². The van der Waals surface area contributed by atoms with E-state index in [1.54, 1.807) is 0 Å². The lowest BCUT2D eigenvalue weighted by molar-refractivity contribution is 0.144. The topological polar surface area (TPSA) is 79.2 Å². The molecule has 2 fully saturated rings. The molecule has 0 spiro atoms. The summed E-state index contributed by atoms with van der Waals surface area (Å²) < 4.78 is 1.84. The third-order valence-corrected chi connectivity index (χ3v) is 5.34. The number of para-hydroxylation sites is 1. The highest BCUT2D eigenvalue weighted by Gasteiger charge is 2.40. The van der Waals surface area contributed by atoms with Crippen molar-refractivity contribution < 1.29 is 4.79 Å². The van der Waals surface area contributed by atoms with Gasteiger partial charge >= 0.3 is 6.03 Å². The van der Waals surface area contributed by atoms with Crippen molar-refractivity contribution in [3.63, 3.8) is 0 Å². The number of tetrazole rings is 1. The average Bonchev–Trinajstić information content (AvgIpc) is 3.13. The molecule has 0 saturated carbocycles. The molecule has 2 amide bonds. The fourth-order valence-corrected chi connectivity index (χ4v) is 3.98. The molecule has 3 heterocycles. The Morgan fingerprint density at radius 3 is 2.80 bits per heavy atom. The van der Waals surface area contributed by atoms with Gasteiger partial charge in [-0.05, 0) is 41.8 Å². The standard InChI is InChI=1S/C17H23N7O/c1-11-5-4-6-12(2)16(11)24-15(19-20-21-24)10-23-8-7-14-13(9-23)18-17(25)22(14)3/h4-6,13-14H,7-10H2,1-3H3,(H,18,25)/t13-,14+/m1/s1. The molecule has 0 bridgehead atoms. The molecule has 2 atom stereocenters. The normalized spacial score (nSPS) is 23.6. The number of amides is 2. The maximum Gasteiger partial charge on any atom is 0.317 e. The van der Waals surface area contributed by atoms with Crippen LogP contribution < -0.4 is 5.32 Å². The Morgan fingerprint density at radius 1 is 1.28 bits per heavy atom. The van der Waals surface area contributed by atoms with Crippen LogP contribution >= 0.6 is 0 Å². The number of likely N-dealkylation sites (N-methyl/N-ethyl adjacent to an activating group) is 1. The quantitative estimate of drug-likeness (QED) is 0.896. The fraction of sp³-hybridized carbons (Fsp3) is 0.529. The van der Waals surface area contributed by atoms with Crippen molar-refractivity contribution in [3.05, 3.63) is 35.2 Å². The molecule has 0 unspecified atom stereocenters. The van der Waals surface area contributed by atoms with Crippen LogP contribution in [0.1, 0.15) is 23.4 Å². The van der Waals surface area contributed by atoms with Crippen molar-refractivity contribution in [2.45, 2.75) is 38.9 Å². The fourth-order valence-electron chi connectivity index (χ4n) is 3.98. The van der Waals surface area contributed by atoms with Gasteiger partial charge in [0.05, 0.1) is 24.3 Å². The highest BCUT2D eigenvalue weighted by molar-refractivity contribution is 5.77. The van der Waals surface area contributed by atoms with E-state index in [2.05, 4.69) is 51.7 Å². The van der Waals surface area contributed by atoms with Gasteiger partial charge in [0.15, 0.2) is 5.82 Å². The number of fused-ring (bicyclic) bond motifs is 1. The Kier molecular flexibility index (Phi) is 3.91. The van der Waals surface area contributed by atoms with Gasteiger partial charge < -0.3 is 10.2 Å². The maximum absolute atomic E-state index is 11.8. The highest BCUT2D eigenvalue weighted by atomic mass is 16.2. The van der Waals surface area contributed by atoms with E-state index in [1.807, 2.05) is 22.7 Å². The zero-order chi connectivity index (χ0) is 17.6. The van der Waals surface area contributed by atoms with E-state index in [1.165, 1.54) is 0 Å². The smallest absolute Gasteiger partial charge is 0.317 e. The van der Waals surface area contributed by atoms with Crippen molar-refractivity contribution in [1.82, 2.24) is 35.3 Å². The SMILES string of the molecule is Cc1cccc(C)c1-n1nnnc1CN1CC[C@H]2[C@@H](C1)NC(=O)N2C. The molecule has 2 aromatic rings. The summed E-state index contributed by atoms with van der Waals surface area (Å²) in [5.41, 5.74) is 3.35. The predicted molar refractivity (Wildman–Crippen MR) is 92.4 cm³/mol. The molecule has 0 radical (unpaired) electrons. The summed E-state index contributed by atoms with van der Waals surface area (Å²) in [6.45, 7) is 6.57. The summed E-state index contributed by atoms with van der Waals surface area (Å²) in [4.78, 5) is 16.0. The number of aromatic nitrogens is 4. The zero-order valence-corrected chi connectivity index (χ0v) is 14.8. The second kappa shape index (κ2) is 6.11. The summed E-state index contributed by atoms with van der Waals surface area (Å²) in [5, 5.41) is 15.4. The number of rotatable bonds is 3. The van der Waals surface area contributed by atoms with E-state index in [0.717, 1.165) is 42.1 Å². The van der Waals surface area contributed by atoms with E-state index in [9.17, 15) is 4.79 Å². The van der Waals surface area contributed by atoms with Crippen molar-refractivity contribution in [2.24, 2.45) is 0 Å². The van der Waals surface area contributed by atoms with Crippen LogP contribution in [0.25, 0.3) is 5.69 Å². The number of carbonyl (C=O) groups is 1. The van der Waals surface area contributed by atoms with E-state index >= 15 is 0 Å². The Labute approximate surface area is 146 Å². The monoisotopic (exact) mass is 341 g/mol. The lowest BCUT2D eigenvalue weighted by atomic mass is 10.0. The summed E-state index contributed by atoms with van der Waals surface area (Å²) in [5.74, 6) is 0.827. The van der Waals surface area contributed by atoms with E-state index in [4.69, 9.17) is 0 Å². The zero-order valence-electron chi connectivity index (χ0n) is 14.8. The lowest BCUT2D eigenvalue weighted by Crippen LogP contribution is -2.50. The number of hydrogen-bond donors (Lipinski definition) is 1. The Bertz CT molecular complexity index is 782. The van der Waals surface area contributed by atoms with Crippen LogP contribution in [-0.2, 0) is 6.54 Å². The summed E-state index contributed by atoms with van der Waals surface area (Å²) in [6, 6.07) is 6.68. The molecule has 1 N–H and O–H groups in total. The number of hydrogen-bond acceptors (Lipinski definition) is 5. The number of benzene rings is 1. The molecule has 25 heavy (non-hydrogen) atoms. The molecule has 1 aromatic heterocycles. The Hall–Kier alpha value is -2.48. The minimum atomic E-state index is 0.0252. The first-order chi connectivity index (χ1) is 12.0. The highest BCUT2D eigenvalue weighted by Crippen LogP contribution is 2.23. The molecule has 0 aliphatic carbocycles. The average molecular weight is 341 g/mol. The first-order valence-corrected chi connectivity index (χ1v) is 8.64. The lowest BCUT2D eigenvalue weighted by Gasteiger charge is -2.35. The molecular formula is C17H23N7O. The Morgan fingerprint density at radius 2 is 2.04 bits per heavy atom. The van der Waals surface area contributed by atoms with Crippen LogP contribution in [0.2, 0.25) is 0 Å². The third kappa shape index (κ3) is 2.76. The molecule has 8 nitrogen and oxygen atoms in total. The largest absolute Gasteiger partial charge is 0.332 e. The van der Waals surface area contributed by atoms with Gasteiger partial charge in [-0.1, -0.05) is 18.2 Å². The predicted octanol–water partition coefficient (Wildman–Crippen LogP) is 0.877. The van der Waals surface area contributed by atoms with Crippen molar-refractivity contribution >= 4 is 6.03 Å². The van der Waals surface area contributed by atoms with Gasteiger partial charge in [-0.25, -0.2) is 4.79 Å². The number of aryl methyl sites for hydroxylation is 2. The van der Waals surface area contributed by atoms with E-state index in [-0.39, 0.29) is 12.1 Å². The second-order valence-electron chi connectivity index (χ2n) is 7.01. The summed E-state index contributed by atoms with van der Waals surface area (Å²) >= 11 is 0. The van der Waals surface area contributed by atoms with Gasteiger partial charge in [0.2, 0.25) is 0 Å². The molecule has 2 saturated heterocycles. The van der Waals surface area contributed by atoms with Crippen LogP contribution in [-0.4, -0.2) is 68.3 Å². The van der Waals surface area contributed by atoms with Gasteiger partial charge in [0, 0.05) is 20.1 Å². The van der Waals surface area contributed by atoms with Crippen molar-refractivity contribution in [1.29, 1.82) is 0 Å². The van der Waals surface area contributed by atoms with Crippen molar-refractivity contribution in [3.8, 4) is 5.69 Å². The number of nitrogens with zero attached hydrogens (tertiary/aromatic N) is 6. The van der Waals surface area contributed by atoms with Gasteiger partial charge in [-0.15, -0.1) is 5.10 Å². The first-order valence-electron chi connectivity index (χ1n) is 8.64. The number of piperidine rings is 1. The maximum atomic E-state index is 11.8. The van der Waals surface area contributed by atoms with Gasteiger partial charge in [-0.2, -0.15) is 4.68 Å². The number of carbonyl (C=O) groups excluding carboxylic acids is 1. The Balaban J connectivity index is 1.54. The first kappa shape index (κ1) is 16.0. The molecular weight excluding hydrogens is 318 g/mol. The third-order valence-electron chi connectivity index (χ3n) is 5.34. The van der Waals surface area contributed by atoms with Crippen molar-refractivity contribution in [2.75, 3.05) is 20.1 Å².